The number of methoxy groups -OCH3 is 1. The predicted octanol–water partition coefficient (Wildman–Crippen LogP) is 2.36. The SMILES string of the molecule is COc1cc(NCCn2cc(C)cn2)c(F)cc1[N+](=O)[O-]. The summed E-state index contributed by atoms with van der Waals surface area (Å²) in [6, 6.07) is 2.13. The summed E-state index contributed by atoms with van der Waals surface area (Å²) < 4.78 is 20.4. The van der Waals surface area contributed by atoms with Gasteiger partial charge in [-0.15, -0.1) is 0 Å². The van der Waals surface area contributed by atoms with Gasteiger partial charge < -0.3 is 10.1 Å². The van der Waals surface area contributed by atoms with E-state index in [9.17, 15) is 14.5 Å². The maximum atomic E-state index is 13.8. The molecule has 0 saturated heterocycles. The van der Waals surface area contributed by atoms with Crippen LogP contribution < -0.4 is 10.1 Å². The molecule has 7 nitrogen and oxygen atoms in total. The van der Waals surface area contributed by atoms with Gasteiger partial charge in [-0.05, 0) is 12.5 Å². The van der Waals surface area contributed by atoms with Gasteiger partial charge in [0.15, 0.2) is 11.6 Å². The van der Waals surface area contributed by atoms with Crippen LogP contribution in [0.15, 0.2) is 24.5 Å². The highest BCUT2D eigenvalue weighted by molar-refractivity contribution is 5.59. The van der Waals surface area contributed by atoms with Crippen molar-refractivity contribution in [2.24, 2.45) is 0 Å². The van der Waals surface area contributed by atoms with Gasteiger partial charge in [-0.2, -0.15) is 5.10 Å². The van der Waals surface area contributed by atoms with E-state index in [2.05, 4.69) is 10.4 Å². The van der Waals surface area contributed by atoms with Crippen LogP contribution in [0.3, 0.4) is 0 Å². The van der Waals surface area contributed by atoms with Gasteiger partial charge in [-0.25, -0.2) is 4.39 Å². The summed E-state index contributed by atoms with van der Waals surface area (Å²) in [5, 5.41) is 17.8. The second-order valence-electron chi connectivity index (χ2n) is 4.47. The normalized spacial score (nSPS) is 10.4. The number of ether oxygens (including phenoxy) is 1. The number of aryl methyl sites for hydroxylation is 1. The summed E-state index contributed by atoms with van der Waals surface area (Å²) >= 11 is 0. The molecule has 0 aliphatic carbocycles. The Kier molecular flexibility index (Phi) is 4.36. The first kappa shape index (κ1) is 14.8. The highest BCUT2D eigenvalue weighted by atomic mass is 19.1. The zero-order chi connectivity index (χ0) is 15.4. The number of nitro benzene ring substituents is 1. The first-order valence-electron chi connectivity index (χ1n) is 6.26. The van der Waals surface area contributed by atoms with Crippen LogP contribution in [-0.4, -0.2) is 28.4 Å². The lowest BCUT2D eigenvalue weighted by Crippen LogP contribution is -2.12. The van der Waals surface area contributed by atoms with Crippen LogP contribution in [0.25, 0.3) is 0 Å². The number of hydrogen-bond donors (Lipinski definition) is 1. The van der Waals surface area contributed by atoms with Crippen molar-refractivity contribution in [3.8, 4) is 5.75 Å². The molecule has 0 radical (unpaired) electrons. The van der Waals surface area contributed by atoms with Gasteiger partial charge in [0.05, 0.1) is 36.5 Å². The molecular weight excluding hydrogens is 279 g/mol. The molecule has 1 aromatic carbocycles. The number of nitro groups is 1. The topological polar surface area (TPSA) is 82.2 Å². The Morgan fingerprint density at radius 1 is 1.52 bits per heavy atom. The van der Waals surface area contributed by atoms with Gasteiger partial charge in [0.2, 0.25) is 0 Å². The van der Waals surface area contributed by atoms with Crippen molar-refractivity contribution in [3.63, 3.8) is 0 Å². The van der Waals surface area contributed by atoms with E-state index in [1.165, 1.54) is 13.2 Å². The second kappa shape index (κ2) is 6.21. The first-order chi connectivity index (χ1) is 10.0. The van der Waals surface area contributed by atoms with E-state index in [-0.39, 0.29) is 11.4 Å². The number of anilines is 1. The fraction of sp³-hybridized carbons (Fsp3) is 0.308. The Bertz CT molecular complexity index is 657. The summed E-state index contributed by atoms with van der Waals surface area (Å²) in [4.78, 5) is 10.1. The number of nitrogens with zero attached hydrogens (tertiary/aromatic N) is 3. The molecule has 2 rings (SSSR count). The molecule has 0 spiro atoms. The van der Waals surface area contributed by atoms with Crippen molar-refractivity contribution < 1.29 is 14.1 Å². The largest absolute Gasteiger partial charge is 0.490 e. The molecule has 0 fully saturated rings. The van der Waals surface area contributed by atoms with Gasteiger partial charge in [-0.1, -0.05) is 0 Å². The summed E-state index contributed by atoms with van der Waals surface area (Å²) in [5.74, 6) is -0.682. The Morgan fingerprint density at radius 3 is 2.86 bits per heavy atom. The van der Waals surface area contributed by atoms with Crippen molar-refractivity contribution >= 4 is 11.4 Å². The van der Waals surface area contributed by atoms with Crippen LogP contribution in [0.4, 0.5) is 15.8 Å². The fourth-order valence-corrected chi connectivity index (χ4v) is 1.88. The minimum absolute atomic E-state index is 0.0128. The molecule has 112 valence electrons. The maximum Gasteiger partial charge on any atom is 0.313 e. The van der Waals surface area contributed by atoms with Crippen LogP contribution in [0.5, 0.6) is 5.75 Å². The lowest BCUT2D eigenvalue weighted by molar-refractivity contribution is -0.385. The Balaban J connectivity index is 2.07. The van der Waals surface area contributed by atoms with Crippen molar-refractivity contribution in [3.05, 3.63) is 46.0 Å². The molecule has 1 aromatic heterocycles. The van der Waals surface area contributed by atoms with Gasteiger partial charge in [0, 0.05) is 18.8 Å². The van der Waals surface area contributed by atoms with Crippen molar-refractivity contribution in [1.82, 2.24) is 9.78 Å². The van der Waals surface area contributed by atoms with E-state index >= 15 is 0 Å². The average molecular weight is 294 g/mol. The molecular formula is C13H15FN4O3. The van der Waals surface area contributed by atoms with E-state index in [4.69, 9.17) is 4.74 Å². The summed E-state index contributed by atoms with van der Waals surface area (Å²) in [5.41, 5.74) is 0.794. The highest BCUT2D eigenvalue weighted by Crippen LogP contribution is 2.32. The highest BCUT2D eigenvalue weighted by Gasteiger charge is 2.18. The summed E-state index contributed by atoms with van der Waals surface area (Å²) in [6.07, 6.45) is 3.60. The lowest BCUT2D eigenvalue weighted by Gasteiger charge is -2.10. The molecule has 0 bridgehead atoms. The second-order valence-corrected chi connectivity index (χ2v) is 4.47. The lowest BCUT2D eigenvalue weighted by atomic mass is 10.2. The van der Waals surface area contributed by atoms with Gasteiger partial charge >= 0.3 is 5.69 Å². The Hall–Kier alpha value is -2.64. The maximum absolute atomic E-state index is 13.8. The Labute approximate surface area is 120 Å². The third kappa shape index (κ3) is 3.47. The van der Waals surface area contributed by atoms with Crippen LogP contribution in [0, 0.1) is 22.9 Å². The molecule has 1 N–H and O–H groups in total. The van der Waals surface area contributed by atoms with Gasteiger partial charge in [0.1, 0.15) is 0 Å². The van der Waals surface area contributed by atoms with E-state index in [0.717, 1.165) is 11.6 Å². The monoisotopic (exact) mass is 294 g/mol. The summed E-state index contributed by atoms with van der Waals surface area (Å²) in [7, 11) is 1.30. The van der Waals surface area contributed by atoms with Crippen LogP contribution in [0.1, 0.15) is 5.56 Å². The minimum atomic E-state index is -0.695. The number of halogens is 1. The number of rotatable bonds is 6. The fourth-order valence-electron chi connectivity index (χ4n) is 1.88. The third-order valence-corrected chi connectivity index (χ3v) is 2.88. The number of nitrogens with one attached hydrogen (secondary N) is 1. The molecule has 21 heavy (non-hydrogen) atoms. The van der Waals surface area contributed by atoms with Gasteiger partial charge in [-0.3, -0.25) is 14.8 Å². The van der Waals surface area contributed by atoms with Crippen molar-refractivity contribution in [1.29, 1.82) is 0 Å². The third-order valence-electron chi connectivity index (χ3n) is 2.88. The molecule has 0 saturated carbocycles. The van der Waals surface area contributed by atoms with Crippen LogP contribution in [-0.2, 0) is 6.54 Å². The van der Waals surface area contributed by atoms with E-state index in [1.807, 2.05) is 13.1 Å². The van der Waals surface area contributed by atoms with Crippen LogP contribution >= 0.6 is 0 Å². The number of benzene rings is 1. The standard InChI is InChI=1S/C13H15FN4O3/c1-9-7-16-17(8-9)4-3-15-11-6-13(21-2)12(18(19)20)5-10(11)14/h5-8,15H,3-4H2,1-2H3. The first-order valence-corrected chi connectivity index (χ1v) is 6.26. The number of aromatic nitrogens is 2. The zero-order valence-corrected chi connectivity index (χ0v) is 11.7. The van der Waals surface area contributed by atoms with Crippen molar-refractivity contribution in [2.75, 3.05) is 19.0 Å². The zero-order valence-electron chi connectivity index (χ0n) is 11.7. The van der Waals surface area contributed by atoms with Crippen LogP contribution in [0.2, 0.25) is 0 Å². The van der Waals surface area contributed by atoms with E-state index < -0.39 is 16.4 Å². The molecule has 0 amide bonds. The van der Waals surface area contributed by atoms with Gasteiger partial charge in [0.25, 0.3) is 0 Å². The summed E-state index contributed by atoms with van der Waals surface area (Å²) in [6.45, 7) is 2.91. The molecule has 8 heteroatoms. The molecule has 0 aliphatic rings. The van der Waals surface area contributed by atoms with Crippen molar-refractivity contribution in [2.45, 2.75) is 13.5 Å². The van der Waals surface area contributed by atoms with E-state index in [0.29, 0.717) is 13.1 Å². The molecule has 0 atom stereocenters. The minimum Gasteiger partial charge on any atom is -0.490 e. The molecule has 0 unspecified atom stereocenters. The molecule has 2 aromatic rings. The smallest absolute Gasteiger partial charge is 0.313 e. The predicted molar refractivity (Wildman–Crippen MR) is 75.1 cm³/mol. The average Bonchev–Trinajstić information content (AvgIpc) is 2.85. The quantitative estimate of drug-likeness (QED) is 0.653. The Morgan fingerprint density at radius 2 is 2.29 bits per heavy atom. The number of hydrogen-bond acceptors (Lipinski definition) is 5. The molecule has 1 heterocycles. The van der Waals surface area contributed by atoms with E-state index in [1.54, 1.807) is 10.9 Å². The molecule has 0 aliphatic heterocycles.